The molecule has 25 heavy (non-hydrogen) atoms. The highest BCUT2D eigenvalue weighted by atomic mass is 16.5. The first-order chi connectivity index (χ1) is 12.3. The van der Waals surface area contributed by atoms with Gasteiger partial charge < -0.3 is 4.52 Å². The third-order valence-corrected chi connectivity index (χ3v) is 3.91. The lowest BCUT2D eigenvalue weighted by atomic mass is 10.1. The minimum Gasteiger partial charge on any atom is -0.334 e. The molecule has 6 nitrogen and oxygen atoms in total. The molecular weight excluding hydrogens is 314 g/mol. The standard InChI is InChI=1S/C19H23N5O/c1-3-12-24(13-4-2)14-15-7-9-16(10-8-15)19-21-18(23-25-19)17-6-5-11-20-22-17/h5-11H,3-4,12-14H2,1-2H3. The lowest BCUT2D eigenvalue weighted by Crippen LogP contribution is -2.24. The van der Waals surface area contributed by atoms with Crippen molar-refractivity contribution < 1.29 is 4.52 Å². The Morgan fingerprint density at radius 3 is 2.40 bits per heavy atom. The maximum Gasteiger partial charge on any atom is 0.258 e. The molecule has 2 heterocycles. The second-order valence-electron chi connectivity index (χ2n) is 6.01. The quantitative estimate of drug-likeness (QED) is 0.622. The molecule has 0 saturated carbocycles. The Morgan fingerprint density at radius 2 is 1.76 bits per heavy atom. The van der Waals surface area contributed by atoms with Crippen LogP contribution in [0, 0.1) is 0 Å². The summed E-state index contributed by atoms with van der Waals surface area (Å²) in [6.07, 6.45) is 3.96. The Balaban J connectivity index is 1.71. The van der Waals surface area contributed by atoms with Crippen molar-refractivity contribution in [2.45, 2.75) is 33.2 Å². The van der Waals surface area contributed by atoms with Crippen LogP contribution in [0.25, 0.3) is 23.0 Å². The van der Waals surface area contributed by atoms with Crippen LogP contribution >= 0.6 is 0 Å². The molecule has 0 spiro atoms. The Kier molecular flexibility index (Phi) is 5.85. The van der Waals surface area contributed by atoms with Gasteiger partial charge in [-0.2, -0.15) is 10.1 Å². The summed E-state index contributed by atoms with van der Waals surface area (Å²) >= 11 is 0. The molecule has 0 fully saturated rings. The Labute approximate surface area is 147 Å². The average Bonchev–Trinajstić information content (AvgIpc) is 3.14. The van der Waals surface area contributed by atoms with E-state index in [1.165, 1.54) is 18.4 Å². The van der Waals surface area contributed by atoms with Crippen molar-refractivity contribution in [1.29, 1.82) is 0 Å². The fraction of sp³-hybridized carbons (Fsp3) is 0.368. The van der Waals surface area contributed by atoms with E-state index in [0.717, 1.165) is 25.2 Å². The smallest absolute Gasteiger partial charge is 0.258 e. The molecule has 0 unspecified atom stereocenters. The molecule has 0 aliphatic carbocycles. The van der Waals surface area contributed by atoms with Crippen molar-refractivity contribution in [2.24, 2.45) is 0 Å². The van der Waals surface area contributed by atoms with Crippen molar-refractivity contribution in [2.75, 3.05) is 13.1 Å². The van der Waals surface area contributed by atoms with Crippen LogP contribution in [0.1, 0.15) is 32.3 Å². The van der Waals surface area contributed by atoms with Crippen LogP contribution in [0.15, 0.2) is 47.1 Å². The molecule has 0 aliphatic rings. The zero-order valence-electron chi connectivity index (χ0n) is 14.7. The van der Waals surface area contributed by atoms with E-state index in [0.29, 0.717) is 17.4 Å². The molecule has 0 N–H and O–H groups in total. The second kappa shape index (κ2) is 8.48. The van der Waals surface area contributed by atoms with Gasteiger partial charge >= 0.3 is 0 Å². The van der Waals surface area contributed by atoms with E-state index in [2.05, 4.69) is 51.2 Å². The van der Waals surface area contributed by atoms with Crippen molar-refractivity contribution in [3.8, 4) is 23.0 Å². The molecule has 0 aliphatic heterocycles. The molecule has 3 aromatic rings. The maximum absolute atomic E-state index is 5.36. The molecular formula is C19H23N5O. The second-order valence-corrected chi connectivity index (χ2v) is 6.01. The Morgan fingerprint density at radius 1 is 1.00 bits per heavy atom. The summed E-state index contributed by atoms with van der Waals surface area (Å²) in [5, 5.41) is 11.8. The lowest BCUT2D eigenvalue weighted by Gasteiger charge is -2.20. The first kappa shape index (κ1) is 17.2. The fourth-order valence-electron chi connectivity index (χ4n) is 2.78. The third-order valence-electron chi connectivity index (χ3n) is 3.91. The molecule has 0 amide bonds. The number of benzene rings is 1. The first-order valence-corrected chi connectivity index (χ1v) is 8.73. The molecule has 2 aromatic heterocycles. The topological polar surface area (TPSA) is 67.9 Å². The largest absolute Gasteiger partial charge is 0.334 e. The minimum atomic E-state index is 0.448. The van der Waals surface area contributed by atoms with Crippen LogP contribution in [0.5, 0.6) is 0 Å². The van der Waals surface area contributed by atoms with E-state index in [-0.39, 0.29) is 0 Å². The summed E-state index contributed by atoms with van der Waals surface area (Å²) in [4.78, 5) is 6.89. The zero-order chi connectivity index (χ0) is 17.5. The van der Waals surface area contributed by atoms with Gasteiger partial charge in [-0.05, 0) is 55.8 Å². The normalized spacial score (nSPS) is 11.2. The van der Waals surface area contributed by atoms with Crippen LogP contribution < -0.4 is 0 Å². The highest BCUT2D eigenvalue weighted by Crippen LogP contribution is 2.21. The Bertz CT molecular complexity index is 764. The molecule has 1 aromatic carbocycles. The van der Waals surface area contributed by atoms with Crippen LogP contribution in [0.4, 0.5) is 0 Å². The number of rotatable bonds is 8. The highest BCUT2D eigenvalue weighted by Gasteiger charge is 2.12. The van der Waals surface area contributed by atoms with Gasteiger partial charge in [0.1, 0.15) is 5.69 Å². The minimum absolute atomic E-state index is 0.448. The number of aromatic nitrogens is 4. The molecule has 3 rings (SSSR count). The summed E-state index contributed by atoms with van der Waals surface area (Å²) in [5.41, 5.74) is 2.80. The van der Waals surface area contributed by atoms with Gasteiger partial charge in [0.2, 0.25) is 5.82 Å². The molecule has 0 atom stereocenters. The van der Waals surface area contributed by atoms with Crippen LogP contribution in [-0.4, -0.2) is 38.3 Å². The monoisotopic (exact) mass is 337 g/mol. The van der Waals surface area contributed by atoms with Crippen molar-refractivity contribution in [3.63, 3.8) is 0 Å². The van der Waals surface area contributed by atoms with Gasteiger partial charge in [0, 0.05) is 18.3 Å². The van der Waals surface area contributed by atoms with Gasteiger partial charge in [0.05, 0.1) is 0 Å². The Hall–Kier alpha value is -2.60. The number of hydrogen-bond donors (Lipinski definition) is 0. The fourth-order valence-corrected chi connectivity index (χ4v) is 2.78. The summed E-state index contributed by atoms with van der Waals surface area (Å²) in [6, 6.07) is 11.9. The first-order valence-electron chi connectivity index (χ1n) is 8.73. The highest BCUT2D eigenvalue weighted by molar-refractivity contribution is 5.57. The summed E-state index contributed by atoms with van der Waals surface area (Å²) in [7, 11) is 0. The lowest BCUT2D eigenvalue weighted by molar-refractivity contribution is 0.266. The molecule has 130 valence electrons. The van der Waals surface area contributed by atoms with Crippen LogP contribution in [-0.2, 0) is 6.54 Å². The predicted octanol–water partition coefficient (Wildman–Crippen LogP) is 3.82. The number of nitrogens with zero attached hydrogens (tertiary/aromatic N) is 5. The third kappa shape index (κ3) is 4.48. The van der Waals surface area contributed by atoms with Gasteiger partial charge in [-0.25, -0.2) is 0 Å². The zero-order valence-corrected chi connectivity index (χ0v) is 14.7. The van der Waals surface area contributed by atoms with Gasteiger partial charge in [-0.3, -0.25) is 4.90 Å². The summed E-state index contributed by atoms with van der Waals surface area (Å²) in [5.74, 6) is 0.940. The van der Waals surface area contributed by atoms with Crippen molar-refractivity contribution in [3.05, 3.63) is 48.2 Å². The maximum atomic E-state index is 5.36. The van der Waals surface area contributed by atoms with E-state index >= 15 is 0 Å². The van der Waals surface area contributed by atoms with E-state index in [1.807, 2.05) is 12.1 Å². The van der Waals surface area contributed by atoms with Gasteiger partial charge in [-0.1, -0.05) is 31.1 Å². The molecule has 6 heteroatoms. The van der Waals surface area contributed by atoms with Gasteiger partial charge in [0.25, 0.3) is 5.89 Å². The van der Waals surface area contributed by atoms with Gasteiger partial charge in [0.15, 0.2) is 0 Å². The summed E-state index contributed by atoms with van der Waals surface area (Å²) < 4.78 is 5.36. The van der Waals surface area contributed by atoms with E-state index in [1.54, 1.807) is 18.3 Å². The van der Waals surface area contributed by atoms with Crippen molar-refractivity contribution >= 4 is 0 Å². The van der Waals surface area contributed by atoms with E-state index < -0.39 is 0 Å². The molecule has 0 saturated heterocycles. The van der Waals surface area contributed by atoms with Crippen LogP contribution in [0.2, 0.25) is 0 Å². The SMILES string of the molecule is CCCN(CCC)Cc1ccc(-c2nc(-c3cccnn3)no2)cc1. The summed E-state index contributed by atoms with van der Waals surface area (Å²) in [6.45, 7) is 7.66. The van der Waals surface area contributed by atoms with Crippen LogP contribution in [0.3, 0.4) is 0 Å². The van der Waals surface area contributed by atoms with E-state index in [4.69, 9.17) is 4.52 Å². The number of hydrogen-bond acceptors (Lipinski definition) is 6. The predicted molar refractivity (Wildman–Crippen MR) is 96.6 cm³/mol. The molecule has 0 bridgehead atoms. The molecule has 0 radical (unpaired) electrons. The average molecular weight is 337 g/mol. The van der Waals surface area contributed by atoms with E-state index in [9.17, 15) is 0 Å². The van der Waals surface area contributed by atoms with Gasteiger partial charge in [-0.15, -0.1) is 5.10 Å². The van der Waals surface area contributed by atoms with Crippen molar-refractivity contribution in [1.82, 2.24) is 25.2 Å².